The Morgan fingerprint density at radius 2 is 1.91 bits per heavy atom. The van der Waals surface area contributed by atoms with Crippen molar-refractivity contribution in [2.45, 2.75) is 32.2 Å². The van der Waals surface area contributed by atoms with E-state index in [1.807, 2.05) is 6.92 Å². The van der Waals surface area contributed by atoms with Crippen LogP contribution in [0.4, 0.5) is 8.78 Å². The maximum absolute atomic E-state index is 13.4. The summed E-state index contributed by atoms with van der Waals surface area (Å²) in [5.41, 5.74) is 0.181. The van der Waals surface area contributed by atoms with Crippen molar-refractivity contribution < 1.29 is 13.6 Å². The molecule has 2 rings (SSSR count). The van der Waals surface area contributed by atoms with Crippen molar-refractivity contribution in [3.05, 3.63) is 33.8 Å². The van der Waals surface area contributed by atoms with Gasteiger partial charge in [-0.1, -0.05) is 6.92 Å². The van der Waals surface area contributed by atoms with Gasteiger partial charge in [0.05, 0.1) is 5.56 Å². The topological polar surface area (TPSA) is 32.3 Å². The van der Waals surface area contributed by atoms with Gasteiger partial charge in [-0.3, -0.25) is 4.79 Å². The molecular weight excluding hydrogens is 378 g/mol. The lowest BCUT2D eigenvalue weighted by atomic mass is 10.0. The molecule has 1 amide bonds. The Morgan fingerprint density at radius 1 is 1.32 bits per heavy atom. The SMILES string of the molecule is CCCN(C(=O)c1cc(F)c(F)cc1Br)C1CCNCC1.Cl. The fourth-order valence-corrected chi connectivity index (χ4v) is 3.14. The van der Waals surface area contributed by atoms with Gasteiger partial charge in [-0.25, -0.2) is 8.78 Å². The first-order chi connectivity index (χ1) is 10.0. The standard InChI is InChI=1S/C15H19BrF2N2O.ClH/c1-2-7-20(10-3-5-19-6-4-10)15(21)11-8-13(17)14(18)9-12(11)16;/h8-10,19H,2-7H2,1H3;1H. The molecule has 0 spiro atoms. The van der Waals surface area contributed by atoms with Gasteiger partial charge in [-0.05, 0) is 60.4 Å². The van der Waals surface area contributed by atoms with E-state index in [0.717, 1.165) is 44.5 Å². The Hall–Kier alpha value is -0.720. The van der Waals surface area contributed by atoms with Crippen LogP contribution >= 0.6 is 28.3 Å². The predicted molar refractivity (Wildman–Crippen MR) is 88.5 cm³/mol. The number of benzene rings is 1. The fraction of sp³-hybridized carbons (Fsp3) is 0.533. The minimum Gasteiger partial charge on any atom is -0.336 e. The van der Waals surface area contributed by atoms with Crippen molar-refractivity contribution in [2.24, 2.45) is 0 Å². The highest BCUT2D eigenvalue weighted by molar-refractivity contribution is 9.10. The Kier molecular flexibility index (Phi) is 7.72. The molecule has 7 heteroatoms. The fourth-order valence-electron chi connectivity index (χ4n) is 2.65. The summed E-state index contributed by atoms with van der Waals surface area (Å²) >= 11 is 3.16. The van der Waals surface area contributed by atoms with Crippen molar-refractivity contribution in [3.63, 3.8) is 0 Å². The number of hydrogen-bond acceptors (Lipinski definition) is 2. The third kappa shape index (κ3) is 4.40. The van der Waals surface area contributed by atoms with Crippen molar-refractivity contribution in [3.8, 4) is 0 Å². The third-order valence-electron chi connectivity index (χ3n) is 3.72. The van der Waals surface area contributed by atoms with Gasteiger partial charge in [0.1, 0.15) is 0 Å². The van der Waals surface area contributed by atoms with E-state index in [9.17, 15) is 13.6 Å². The first kappa shape index (κ1) is 19.3. The molecule has 3 nitrogen and oxygen atoms in total. The van der Waals surface area contributed by atoms with E-state index in [0.29, 0.717) is 11.0 Å². The van der Waals surface area contributed by atoms with Gasteiger partial charge in [0.25, 0.3) is 5.91 Å². The molecular formula is C15H20BrClF2N2O. The van der Waals surface area contributed by atoms with Crippen molar-refractivity contribution >= 4 is 34.2 Å². The number of nitrogens with zero attached hydrogens (tertiary/aromatic N) is 1. The molecule has 1 saturated heterocycles. The lowest BCUT2D eigenvalue weighted by Gasteiger charge is -2.35. The lowest BCUT2D eigenvalue weighted by Crippen LogP contribution is -2.46. The predicted octanol–water partition coefficient (Wildman–Crippen LogP) is 3.75. The van der Waals surface area contributed by atoms with Crippen LogP contribution in [0.3, 0.4) is 0 Å². The minimum atomic E-state index is -0.997. The number of halogens is 4. The second-order valence-corrected chi connectivity index (χ2v) is 6.08. The molecule has 22 heavy (non-hydrogen) atoms. The maximum atomic E-state index is 13.4. The van der Waals surface area contributed by atoms with Crippen molar-refractivity contribution in [2.75, 3.05) is 19.6 Å². The number of amides is 1. The average Bonchev–Trinajstić information content (AvgIpc) is 2.49. The zero-order valence-corrected chi connectivity index (χ0v) is 14.8. The molecule has 0 aromatic heterocycles. The Balaban J connectivity index is 0.00000242. The Morgan fingerprint density at radius 3 is 2.50 bits per heavy atom. The van der Waals surface area contributed by atoms with Gasteiger partial charge in [-0.15, -0.1) is 12.4 Å². The van der Waals surface area contributed by atoms with Crippen LogP contribution < -0.4 is 5.32 Å². The molecule has 0 saturated carbocycles. The molecule has 0 bridgehead atoms. The molecule has 1 aliphatic rings. The maximum Gasteiger partial charge on any atom is 0.255 e. The van der Waals surface area contributed by atoms with Gasteiger partial charge in [-0.2, -0.15) is 0 Å². The van der Waals surface area contributed by atoms with E-state index in [2.05, 4.69) is 21.2 Å². The molecule has 1 aromatic carbocycles. The van der Waals surface area contributed by atoms with Crippen LogP contribution in [0.2, 0.25) is 0 Å². The Bertz CT molecular complexity index is 525. The van der Waals surface area contributed by atoms with Crippen LogP contribution in [0.5, 0.6) is 0 Å². The van der Waals surface area contributed by atoms with E-state index in [1.165, 1.54) is 0 Å². The number of nitrogens with one attached hydrogen (secondary N) is 1. The van der Waals surface area contributed by atoms with Crippen LogP contribution in [0.1, 0.15) is 36.5 Å². The summed E-state index contributed by atoms with van der Waals surface area (Å²) in [5.74, 6) is -2.19. The van der Waals surface area contributed by atoms with Crippen LogP contribution in [0.25, 0.3) is 0 Å². The zero-order valence-electron chi connectivity index (χ0n) is 12.4. The molecule has 0 radical (unpaired) electrons. The van der Waals surface area contributed by atoms with Crippen molar-refractivity contribution in [1.29, 1.82) is 0 Å². The monoisotopic (exact) mass is 396 g/mol. The lowest BCUT2D eigenvalue weighted by molar-refractivity contribution is 0.0641. The third-order valence-corrected chi connectivity index (χ3v) is 4.37. The first-order valence-electron chi connectivity index (χ1n) is 7.20. The molecule has 1 fully saturated rings. The van der Waals surface area contributed by atoms with Gasteiger partial charge in [0.2, 0.25) is 0 Å². The van der Waals surface area contributed by atoms with Crippen LogP contribution in [-0.4, -0.2) is 36.5 Å². The van der Waals surface area contributed by atoms with E-state index < -0.39 is 11.6 Å². The molecule has 1 N–H and O–H groups in total. The van der Waals surface area contributed by atoms with E-state index >= 15 is 0 Å². The Labute approximate surface area is 144 Å². The number of piperidine rings is 1. The van der Waals surface area contributed by atoms with Gasteiger partial charge in [0, 0.05) is 17.1 Å². The summed E-state index contributed by atoms with van der Waals surface area (Å²) in [6, 6.07) is 2.14. The molecule has 0 atom stereocenters. The number of rotatable bonds is 4. The smallest absolute Gasteiger partial charge is 0.255 e. The van der Waals surface area contributed by atoms with Gasteiger partial charge < -0.3 is 10.2 Å². The van der Waals surface area contributed by atoms with E-state index in [-0.39, 0.29) is 29.9 Å². The number of carbonyl (C=O) groups is 1. The average molecular weight is 398 g/mol. The van der Waals surface area contributed by atoms with Crippen molar-refractivity contribution in [1.82, 2.24) is 10.2 Å². The second-order valence-electron chi connectivity index (χ2n) is 5.23. The molecule has 0 unspecified atom stereocenters. The number of hydrogen-bond donors (Lipinski definition) is 1. The summed E-state index contributed by atoms with van der Waals surface area (Å²) in [6.45, 7) is 4.37. The van der Waals surface area contributed by atoms with E-state index in [1.54, 1.807) is 4.90 Å². The summed E-state index contributed by atoms with van der Waals surface area (Å²) in [7, 11) is 0. The summed E-state index contributed by atoms with van der Waals surface area (Å²) in [4.78, 5) is 14.5. The van der Waals surface area contributed by atoms with E-state index in [4.69, 9.17) is 0 Å². The summed E-state index contributed by atoms with van der Waals surface area (Å²) in [6.07, 6.45) is 2.59. The molecule has 0 aliphatic carbocycles. The molecule has 124 valence electrons. The highest BCUT2D eigenvalue weighted by Gasteiger charge is 2.27. The minimum absolute atomic E-state index is 0. The molecule has 1 heterocycles. The zero-order chi connectivity index (χ0) is 15.4. The van der Waals surface area contributed by atoms with Gasteiger partial charge in [0.15, 0.2) is 11.6 Å². The first-order valence-corrected chi connectivity index (χ1v) is 8.00. The molecule has 1 aliphatic heterocycles. The highest BCUT2D eigenvalue weighted by atomic mass is 79.9. The molecule has 1 aromatic rings. The van der Waals surface area contributed by atoms with Gasteiger partial charge >= 0.3 is 0 Å². The second kappa shape index (κ2) is 8.79. The number of carbonyl (C=O) groups excluding carboxylic acids is 1. The van der Waals surface area contributed by atoms with Crippen LogP contribution in [0, 0.1) is 11.6 Å². The highest BCUT2D eigenvalue weighted by Crippen LogP contribution is 2.24. The summed E-state index contributed by atoms with van der Waals surface area (Å²) in [5, 5.41) is 3.26. The van der Waals surface area contributed by atoms with Crippen LogP contribution in [0.15, 0.2) is 16.6 Å². The summed E-state index contributed by atoms with van der Waals surface area (Å²) < 4.78 is 26.9. The quantitative estimate of drug-likeness (QED) is 0.785. The van der Waals surface area contributed by atoms with Crippen LogP contribution in [-0.2, 0) is 0 Å². The normalized spacial score (nSPS) is 15.3. The largest absolute Gasteiger partial charge is 0.336 e.